The molecule has 0 unspecified atom stereocenters. The molecule has 0 spiro atoms. The molecule has 0 aliphatic carbocycles. The van der Waals surface area contributed by atoms with Crippen LogP contribution in [0.1, 0.15) is 44.5 Å². The summed E-state index contributed by atoms with van der Waals surface area (Å²) in [4.78, 5) is 12.6. The maximum atomic E-state index is 12.6. The van der Waals surface area contributed by atoms with Gasteiger partial charge in [-0.05, 0) is 13.3 Å². The number of rotatable bonds is 4. The van der Waals surface area contributed by atoms with E-state index >= 15 is 0 Å². The maximum absolute atomic E-state index is 12.6. The van der Waals surface area contributed by atoms with E-state index in [1.807, 2.05) is 37.3 Å². The second-order valence-electron chi connectivity index (χ2n) is 9.07. The fourth-order valence-electron chi connectivity index (χ4n) is 5.24. The molecule has 4 aliphatic rings. The Kier molecular flexibility index (Phi) is 5.53. The van der Waals surface area contributed by atoms with Gasteiger partial charge in [-0.25, -0.2) is 0 Å². The van der Waals surface area contributed by atoms with Gasteiger partial charge in [0, 0.05) is 31.9 Å². The molecule has 0 aromatic heterocycles. The summed E-state index contributed by atoms with van der Waals surface area (Å²) in [5.41, 5.74) is 0.386. The number of hydrogen-bond acceptors (Lipinski definition) is 7. The van der Waals surface area contributed by atoms with Crippen LogP contribution in [0.15, 0.2) is 43.0 Å². The third kappa shape index (κ3) is 3.67. The summed E-state index contributed by atoms with van der Waals surface area (Å²) in [7, 11) is 1.60. The van der Waals surface area contributed by atoms with Gasteiger partial charge in [-0.3, -0.25) is 4.79 Å². The highest BCUT2D eigenvalue weighted by atomic mass is 16.7. The number of Topliss-reactive ketones (excluding diaryl/α,β-unsaturated/α-hetero) is 1. The molecule has 4 heterocycles. The van der Waals surface area contributed by atoms with E-state index in [-0.39, 0.29) is 30.5 Å². The second kappa shape index (κ2) is 8.06. The van der Waals surface area contributed by atoms with Gasteiger partial charge in [0.15, 0.2) is 17.9 Å². The van der Waals surface area contributed by atoms with Gasteiger partial charge in [0.1, 0.15) is 17.8 Å². The number of methoxy groups -OCH3 is 1. The van der Waals surface area contributed by atoms with Crippen molar-refractivity contribution in [2.24, 2.45) is 0 Å². The summed E-state index contributed by atoms with van der Waals surface area (Å²) in [6.45, 7) is 6.17. The van der Waals surface area contributed by atoms with E-state index in [4.69, 9.17) is 28.4 Å². The molecule has 0 bridgehead atoms. The third-order valence-corrected chi connectivity index (χ3v) is 6.97. The summed E-state index contributed by atoms with van der Waals surface area (Å²) in [6, 6.07) is 9.90. The predicted octanol–water partition coefficient (Wildman–Crippen LogP) is 3.08. The van der Waals surface area contributed by atoms with Gasteiger partial charge in [0.05, 0.1) is 24.9 Å². The minimum Gasteiger partial charge on any atom is -0.366 e. The number of fused-ring (bicyclic) bond motifs is 3. The third-order valence-electron chi connectivity index (χ3n) is 6.97. The molecule has 4 aliphatic heterocycles. The van der Waals surface area contributed by atoms with Crippen molar-refractivity contribution in [2.45, 2.75) is 80.8 Å². The lowest BCUT2D eigenvalue weighted by atomic mass is 9.81. The van der Waals surface area contributed by atoms with Crippen LogP contribution in [0.2, 0.25) is 0 Å². The van der Waals surface area contributed by atoms with Crippen molar-refractivity contribution in [1.29, 1.82) is 0 Å². The first kappa shape index (κ1) is 21.2. The van der Waals surface area contributed by atoms with Crippen LogP contribution in [0.4, 0.5) is 0 Å². The highest BCUT2D eigenvalue weighted by Crippen LogP contribution is 2.48. The number of ether oxygens (including phenoxy) is 6. The van der Waals surface area contributed by atoms with Gasteiger partial charge in [-0.15, -0.1) is 6.58 Å². The average Bonchev–Trinajstić information content (AvgIpc) is 2.77. The Bertz CT molecular complexity index is 828. The first-order valence-electron chi connectivity index (χ1n) is 11.0. The molecule has 4 fully saturated rings. The number of hydrogen-bond donors (Lipinski definition) is 0. The topological polar surface area (TPSA) is 72.5 Å². The molecule has 0 amide bonds. The number of carbonyl (C=O) groups excluding carboxylic acids is 1. The number of ketones is 1. The molecular formula is C24H30O7. The van der Waals surface area contributed by atoms with Crippen LogP contribution in [-0.4, -0.2) is 61.4 Å². The van der Waals surface area contributed by atoms with Crippen molar-refractivity contribution in [3.8, 4) is 0 Å². The normalized spacial score (nSPS) is 44.6. The van der Waals surface area contributed by atoms with E-state index in [9.17, 15) is 4.79 Å². The van der Waals surface area contributed by atoms with Gasteiger partial charge in [-0.1, -0.05) is 36.4 Å². The van der Waals surface area contributed by atoms with Gasteiger partial charge in [0.25, 0.3) is 0 Å². The molecule has 0 saturated carbocycles. The van der Waals surface area contributed by atoms with Crippen LogP contribution in [0, 0.1) is 0 Å². The van der Waals surface area contributed by atoms with Crippen LogP contribution >= 0.6 is 0 Å². The molecular weight excluding hydrogens is 400 g/mol. The Balaban J connectivity index is 1.34. The van der Waals surface area contributed by atoms with Crippen LogP contribution in [-0.2, 0) is 33.2 Å². The Morgan fingerprint density at radius 2 is 1.97 bits per heavy atom. The largest absolute Gasteiger partial charge is 0.366 e. The smallest absolute Gasteiger partial charge is 0.198 e. The second-order valence-corrected chi connectivity index (χ2v) is 9.07. The standard InChI is InChI=1S/C24H30O7/c1-4-8-17-16(25)11-21-24(26-3,31-17)13-19-18(28-21)12-20-23(2,30-19)14-27-22(29-20)15-9-6-5-7-10-15/h4-7,9-10,17-22H,1,8,11-14H2,2-3H3/t17-,18+,19-,20-,21+,22+,23+,24+/m0/s1. The minimum absolute atomic E-state index is 0.0176. The summed E-state index contributed by atoms with van der Waals surface area (Å²) < 4.78 is 37.2. The highest BCUT2D eigenvalue weighted by molar-refractivity contribution is 5.84. The van der Waals surface area contributed by atoms with Crippen LogP contribution in [0.3, 0.4) is 0 Å². The van der Waals surface area contributed by atoms with Gasteiger partial charge in [0.2, 0.25) is 0 Å². The molecule has 31 heavy (non-hydrogen) atoms. The van der Waals surface area contributed by atoms with Crippen molar-refractivity contribution in [2.75, 3.05) is 13.7 Å². The van der Waals surface area contributed by atoms with Crippen molar-refractivity contribution in [3.05, 3.63) is 48.6 Å². The molecule has 0 radical (unpaired) electrons. The highest BCUT2D eigenvalue weighted by Gasteiger charge is 2.60. The van der Waals surface area contributed by atoms with E-state index in [1.54, 1.807) is 13.2 Å². The zero-order valence-corrected chi connectivity index (χ0v) is 18.0. The first-order valence-corrected chi connectivity index (χ1v) is 11.0. The van der Waals surface area contributed by atoms with Gasteiger partial charge >= 0.3 is 0 Å². The fraction of sp³-hybridized carbons (Fsp3) is 0.625. The van der Waals surface area contributed by atoms with Crippen molar-refractivity contribution in [3.63, 3.8) is 0 Å². The Hall–Kier alpha value is -1.61. The average molecular weight is 430 g/mol. The molecule has 0 N–H and O–H groups in total. The lowest BCUT2D eigenvalue weighted by Crippen LogP contribution is -2.69. The van der Waals surface area contributed by atoms with Crippen LogP contribution < -0.4 is 0 Å². The molecule has 1 aromatic rings. The van der Waals surface area contributed by atoms with E-state index in [0.717, 1.165) is 5.56 Å². The first-order chi connectivity index (χ1) is 15.0. The summed E-state index contributed by atoms with van der Waals surface area (Å²) >= 11 is 0. The molecule has 8 atom stereocenters. The van der Waals surface area contributed by atoms with E-state index in [1.165, 1.54) is 0 Å². The van der Waals surface area contributed by atoms with Gasteiger partial charge < -0.3 is 28.4 Å². The van der Waals surface area contributed by atoms with E-state index in [0.29, 0.717) is 25.9 Å². The lowest BCUT2D eigenvalue weighted by molar-refractivity contribution is -0.396. The van der Waals surface area contributed by atoms with Crippen LogP contribution in [0.25, 0.3) is 0 Å². The number of benzene rings is 1. The quantitative estimate of drug-likeness (QED) is 0.680. The zero-order chi connectivity index (χ0) is 21.6. The monoisotopic (exact) mass is 430 g/mol. The molecule has 168 valence electrons. The maximum Gasteiger partial charge on any atom is 0.198 e. The molecule has 7 nitrogen and oxygen atoms in total. The molecule has 5 rings (SSSR count). The van der Waals surface area contributed by atoms with Gasteiger partial charge in [-0.2, -0.15) is 0 Å². The van der Waals surface area contributed by atoms with E-state index < -0.39 is 29.9 Å². The predicted molar refractivity (Wildman–Crippen MR) is 110 cm³/mol. The molecule has 4 saturated heterocycles. The Morgan fingerprint density at radius 1 is 1.16 bits per heavy atom. The molecule has 7 heteroatoms. The zero-order valence-electron chi connectivity index (χ0n) is 18.0. The van der Waals surface area contributed by atoms with Crippen molar-refractivity contribution < 1.29 is 33.2 Å². The fourth-order valence-corrected chi connectivity index (χ4v) is 5.24. The van der Waals surface area contributed by atoms with Crippen molar-refractivity contribution >= 4 is 5.78 Å². The van der Waals surface area contributed by atoms with Crippen LogP contribution in [0.5, 0.6) is 0 Å². The number of carbonyl (C=O) groups is 1. The Morgan fingerprint density at radius 3 is 2.71 bits per heavy atom. The summed E-state index contributed by atoms with van der Waals surface area (Å²) in [6.07, 6.45) is 1.47. The summed E-state index contributed by atoms with van der Waals surface area (Å²) in [5, 5.41) is 0. The van der Waals surface area contributed by atoms with Crippen molar-refractivity contribution in [1.82, 2.24) is 0 Å². The lowest BCUT2D eigenvalue weighted by Gasteiger charge is -2.57. The minimum atomic E-state index is -1.01. The SMILES string of the molecule is C=CC[C@@H]1O[C@]2(OC)C[C@@H]3O[C@]4(C)CO[C@@H](c5ccccc5)O[C@H]4C[C@H]3O[C@@H]2CC1=O. The van der Waals surface area contributed by atoms with E-state index in [2.05, 4.69) is 6.58 Å². The Labute approximate surface area is 182 Å². The molecule has 1 aromatic carbocycles. The summed E-state index contributed by atoms with van der Waals surface area (Å²) in [5.74, 6) is -0.987.